The van der Waals surface area contributed by atoms with E-state index >= 15 is 0 Å². The molecule has 0 amide bonds. The second-order valence-electron chi connectivity index (χ2n) is 8.74. The maximum absolute atomic E-state index is 13.5. The van der Waals surface area contributed by atoms with E-state index in [1.807, 2.05) is 13.8 Å². The van der Waals surface area contributed by atoms with Gasteiger partial charge in [0.1, 0.15) is 5.75 Å². The van der Waals surface area contributed by atoms with Gasteiger partial charge in [0.25, 0.3) is 0 Å². The highest BCUT2D eigenvalue weighted by atomic mass is 19.4. The van der Waals surface area contributed by atoms with Gasteiger partial charge in [-0.25, -0.2) is 0 Å². The summed E-state index contributed by atoms with van der Waals surface area (Å²) in [6, 6.07) is 9.17. The lowest BCUT2D eigenvalue weighted by molar-refractivity contribution is -0.143. The smallest absolute Gasteiger partial charge is 0.416 e. The van der Waals surface area contributed by atoms with Crippen LogP contribution in [0.5, 0.6) is 5.75 Å². The topological polar surface area (TPSA) is 9.23 Å². The van der Waals surface area contributed by atoms with E-state index in [0.717, 1.165) is 17.7 Å². The molecular weight excluding hydrogens is 511 g/mol. The van der Waals surface area contributed by atoms with Crippen molar-refractivity contribution in [2.75, 3.05) is 7.11 Å². The van der Waals surface area contributed by atoms with Crippen molar-refractivity contribution in [2.45, 2.75) is 44.7 Å². The lowest BCUT2D eigenvalue weighted by Gasteiger charge is -2.18. The van der Waals surface area contributed by atoms with E-state index in [2.05, 4.69) is 0 Å². The van der Waals surface area contributed by atoms with Gasteiger partial charge in [-0.3, -0.25) is 0 Å². The van der Waals surface area contributed by atoms with Crippen molar-refractivity contribution in [3.05, 3.63) is 94.4 Å². The molecule has 0 aromatic heterocycles. The molecule has 3 rings (SSSR count). The van der Waals surface area contributed by atoms with E-state index < -0.39 is 41.6 Å². The molecule has 0 spiro atoms. The zero-order valence-electron chi connectivity index (χ0n) is 19.9. The Morgan fingerprint density at radius 3 is 1.73 bits per heavy atom. The van der Waals surface area contributed by atoms with Gasteiger partial charge in [0, 0.05) is 5.56 Å². The second kappa shape index (κ2) is 10.3. The predicted molar refractivity (Wildman–Crippen MR) is 121 cm³/mol. The van der Waals surface area contributed by atoms with Gasteiger partial charge in [-0.15, -0.1) is 0 Å². The number of benzene rings is 3. The van der Waals surface area contributed by atoms with Gasteiger partial charge in [0.05, 0.1) is 23.8 Å². The Hall–Kier alpha value is -3.17. The summed E-state index contributed by atoms with van der Waals surface area (Å²) < 4.78 is 125. The van der Waals surface area contributed by atoms with Crippen molar-refractivity contribution in [2.24, 2.45) is 0 Å². The van der Waals surface area contributed by atoms with Crippen molar-refractivity contribution >= 4 is 0 Å². The van der Waals surface area contributed by atoms with Crippen LogP contribution in [0.15, 0.2) is 54.6 Å². The van der Waals surface area contributed by atoms with Crippen LogP contribution in [0.2, 0.25) is 0 Å². The molecule has 0 N–H and O–H groups in total. The molecular formula is C27H22F9O. The highest BCUT2D eigenvalue weighted by Crippen LogP contribution is 2.40. The third-order valence-corrected chi connectivity index (χ3v) is 5.76. The van der Waals surface area contributed by atoms with Crippen molar-refractivity contribution in [3.8, 4) is 16.9 Å². The van der Waals surface area contributed by atoms with Crippen LogP contribution in [0.3, 0.4) is 0 Å². The summed E-state index contributed by atoms with van der Waals surface area (Å²) in [7, 11) is 1.38. The molecule has 0 bridgehead atoms. The molecule has 0 heterocycles. The summed E-state index contributed by atoms with van der Waals surface area (Å²) in [5.41, 5.74) is -2.80. The highest BCUT2D eigenvalue weighted by molar-refractivity contribution is 5.76. The molecule has 3 aromatic carbocycles. The Morgan fingerprint density at radius 1 is 0.676 bits per heavy atom. The lowest BCUT2D eigenvalue weighted by atomic mass is 9.90. The first-order chi connectivity index (χ1) is 17.0. The fraction of sp³-hybridized carbons (Fsp3) is 0.296. The molecule has 0 saturated carbocycles. The first-order valence-corrected chi connectivity index (χ1v) is 11.0. The fourth-order valence-electron chi connectivity index (χ4n) is 3.81. The van der Waals surface area contributed by atoms with Gasteiger partial charge in [-0.05, 0) is 83.5 Å². The molecule has 0 aliphatic rings. The summed E-state index contributed by atoms with van der Waals surface area (Å²) in [5.74, 6) is 0.412. The van der Waals surface area contributed by atoms with Crippen LogP contribution in [-0.4, -0.2) is 7.11 Å². The molecule has 1 nitrogen and oxygen atoms in total. The van der Waals surface area contributed by atoms with Crippen LogP contribution in [0, 0.1) is 6.42 Å². The van der Waals surface area contributed by atoms with Crippen LogP contribution < -0.4 is 4.74 Å². The zero-order valence-corrected chi connectivity index (χ0v) is 19.9. The Balaban J connectivity index is 2.13. The average Bonchev–Trinajstić information content (AvgIpc) is 2.80. The molecule has 0 aliphatic heterocycles. The monoisotopic (exact) mass is 533 g/mol. The highest BCUT2D eigenvalue weighted by Gasteiger charge is 2.37. The van der Waals surface area contributed by atoms with Crippen LogP contribution in [0.4, 0.5) is 39.5 Å². The summed E-state index contributed by atoms with van der Waals surface area (Å²) in [6.45, 7) is 3.83. The maximum atomic E-state index is 13.5. The standard InChI is InChI=1S/C27H22F9O/c1-15(2)17-6-9-24(37-3)23(13-17)22-8-7-19(25(28,29)30)12-18(22)5-4-16-10-20(26(31,32)33)14-21(11-16)27(34,35)36/h5-15H,4H2,1-3H3. The summed E-state index contributed by atoms with van der Waals surface area (Å²) in [4.78, 5) is 0. The van der Waals surface area contributed by atoms with Gasteiger partial charge in [0.2, 0.25) is 0 Å². The van der Waals surface area contributed by atoms with Crippen molar-refractivity contribution in [1.82, 2.24) is 0 Å². The van der Waals surface area contributed by atoms with Crippen LogP contribution in [0.1, 0.15) is 53.1 Å². The van der Waals surface area contributed by atoms with Crippen molar-refractivity contribution in [1.29, 1.82) is 0 Å². The summed E-state index contributed by atoms with van der Waals surface area (Å²) in [6.07, 6.45) is -14.1. The van der Waals surface area contributed by atoms with Crippen LogP contribution in [0.25, 0.3) is 11.1 Å². The van der Waals surface area contributed by atoms with E-state index in [1.165, 1.54) is 19.6 Å². The Bertz CT molecular complexity index is 1220. The van der Waals surface area contributed by atoms with E-state index in [0.29, 0.717) is 23.4 Å². The number of hydrogen-bond acceptors (Lipinski definition) is 1. The predicted octanol–water partition coefficient (Wildman–Crippen LogP) is 9.34. The van der Waals surface area contributed by atoms with Gasteiger partial charge in [-0.2, -0.15) is 39.5 Å². The maximum Gasteiger partial charge on any atom is 0.416 e. The molecule has 1 radical (unpaired) electrons. The molecule has 0 fully saturated rings. The van der Waals surface area contributed by atoms with Gasteiger partial charge >= 0.3 is 18.5 Å². The summed E-state index contributed by atoms with van der Waals surface area (Å²) in [5, 5.41) is 0. The van der Waals surface area contributed by atoms with E-state index in [1.54, 1.807) is 18.2 Å². The Kier molecular flexibility index (Phi) is 7.91. The second-order valence-corrected chi connectivity index (χ2v) is 8.74. The van der Waals surface area contributed by atoms with Gasteiger partial charge < -0.3 is 4.74 Å². The molecule has 199 valence electrons. The minimum Gasteiger partial charge on any atom is -0.496 e. The molecule has 3 aromatic rings. The minimum absolute atomic E-state index is 0.00147. The minimum atomic E-state index is -5.04. The number of halogens is 9. The third-order valence-electron chi connectivity index (χ3n) is 5.76. The molecule has 10 heteroatoms. The van der Waals surface area contributed by atoms with Crippen LogP contribution >= 0.6 is 0 Å². The zero-order chi connectivity index (χ0) is 27.8. The van der Waals surface area contributed by atoms with Gasteiger partial charge in [0.15, 0.2) is 0 Å². The first kappa shape index (κ1) is 28.4. The quantitative estimate of drug-likeness (QED) is 0.287. The molecule has 37 heavy (non-hydrogen) atoms. The average molecular weight is 533 g/mol. The molecule has 0 atom stereocenters. The number of alkyl halides is 9. The van der Waals surface area contributed by atoms with E-state index in [4.69, 9.17) is 4.74 Å². The van der Waals surface area contributed by atoms with E-state index in [-0.39, 0.29) is 28.7 Å². The number of hydrogen-bond donors (Lipinski definition) is 0. The lowest BCUT2D eigenvalue weighted by Crippen LogP contribution is -2.12. The number of ether oxygens (including phenoxy) is 1. The van der Waals surface area contributed by atoms with E-state index in [9.17, 15) is 39.5 Å². The van der Waals surface area contributed by atoms with Gasteiger partial charge in [-0.1, -0.05) is 26.0 Å². The van der Waals surface area contributed by atoms with Crippen molar-refractivity contribution in [3.63, 3.8) is 0 Å². The van der Waals surface area contributed by atoms with Crippen LogP contribution in [-0.2, 0) is 24.9 Å². The normalized spacial score (nSPS) is 12.8. The van der Waals surface area contributed by atoms with Crippen molar-refractivity contribution < 1.29 is 44.3 Å². The number of rotatable bonds is 6. The largest absolute Gasteiger partial charge is 0.496 e. The SMILES string of the molecule is COc1ccc(C(C)C)cc1-c1ccc(C(F)(F)F)cc1[CH]Cc1cc(C(F)(F)F)cc(C(F)(F)F)c1. The number of methoxy groups -OCH3 is 1. The summed E-state index contributed by atoms with van der Waals surface area (Å²) >= 11 is 0. The molecule has 0 aliphatic carbocycles. The molecule has 0 unspecified atom stereocenters. The molecule has 0 saturated heterocycles. The Labute approximate surface area is 207 Å². The third kappa shape index (κ3) is 6.78. The first-order valence-electron chi connectivity index (χ1n) is 11.0. The fourth-order valence-corrected chi connectivity index (χ4v) is 3.81. The Morgan fingerprint density at radius 2 is 1.24 bits per heavy atom.